The molecule has 14 heavy (non-hydrogen) atoms. The van der Waals surface area contributed by atoms with Gasteiger partial charge >= 0.3 is 0 Å². The van der Waals surface area contributed by atoms with E-state index in [1.807, 2.05) is 0 Å². The van der Waals surface area contributed by atoms with Crippen molar-refractivity contribution in [2.75, 3.05) is 6.61 Å². The molecule has 0 fully saturated rings. The van der Waals surface area contributed by atoms with Crippen LogP contribution in [0.4, 0.5) is 4.39 Å². The molecule has 74 valence electrons. The Kier molecular flexibility index (Phi) is 2.11. The summed E-state index contributed by atoms with van der Waals surface area (Å²) in [4.78, 5) is 0. The van der Waals surface area contributed by atoms with E-state index in [1.54, 1.807) is 19.9 Å². The molecule has 1 aromatic heterocycles. The van der Waals surface area contributed by atoms with E-state index in [2.05, 4.69) is 5.16 Å². The van der Waals surface area contributed by atoms with Crippen LogP contribution < -0.4 is 4.74 Å². The number of benzene rings is 1. The molecule has 3 nitrogen and oxygen atoms in total. The monoisotopic (exact) mass is 195 g/mol. The smallest absolute Gasteiger partial charge is 0.211 e. The van der Waals surface area contributed by atoms with Crippen LogP contribution in [0.1, 0.15) is 12.6 Å². The first-order valence-corrected chi connectivity index (χ1v) is 4.41. The van der Waals surface area contributed by atoms with E-state index in [0.717, 1.165) is 11.1 Å². The molecule has 0 aliphatic carbocycles. The summed E-state index contributed by atoms with van der Waals surface area (Å²) in [6.45, 7) is 4.00. The van der Waals surface area contributed by atoms with Gasteiger partial charge in [0.1, 0.15) is 0 Å². The van der Waals surface area contributed by atoms with Gasteiger partial charge in [-0.2, -0.15) is 0 Å². The molecule has 0 saturated carbocycles. The Balaban J connectivity index is 2.70. The van der Waals surface area contributed by atoms with Gasteiger partial charge in [0.05, 0.1) is 12.3 Å². The van der Waals surface area contributed by atoms with Gasteiger partial charge in [-0.15, -0.1) is 0 Å². The number of aryl methyl sites for hydroxylation is 1. The number of hydrogen-bond acceptors (Lipinski definition) is 3. The van der Waals surface area contributed by atoms with E-state index in [9.17, 15) is 4.39 Å². The van der Waals surface area contributed by atoms with Crippen molar-refractivity contribution in [2.24, 2.45) is 0 Å². The van der Waals surface area contributed by atoms with Crippen LogP contribution >= 0.6 is 0 Å². The third kappa shape index (κ3) is 1.23. The zero-order chi connectivity index (χ0) is 10.1. The minimum atomic E-state index is -0.421. The number of rotatable bonds is 2. The van der Waals surface area contributed by atoms with Crippen molar-refractivity contribution in [3.05, 3.63) is 23.6 Å². The van der Waals surface area contributed by atoms with E-state index >= 15 is 0 Å². The largest absolute Gasteiger partial charge is 0.487 e. The molecule has 0 amide bonds. The summed E-state index contributed by atoms with van der Waals surface area (Å²) in [5, 5.41) is 4.54. The maximum atomic E-state index is 13.3. The Morgan fingerprint density at radius 3 is 3.00 bits per heavy atom. The summed E-state index contributed by atoms with van der Waals surface area (Å²) in [5.74, 6) is -0.277. The average molecular weight is 195 g/mol. The van der Waals surface area contributed by atoms with Crippen molar-refractivity contribution in [1.82, 2.24) is 5.16 Å². The molecule has 1 aromatic carbocycles. The number of halogens is 1. The van der Waals surface area contributed by atoms with Gasteiger partial charge in [0, 0.05) is 5.39 Å². The summed E-state index contributed by atoms with van der Waals surface area (Å²) >= 11 is 0. The van der Waals surface area contributed by atoms with Crippen LogP contribution in [0.25, 0.3) is 11.0 Å². The predicted octanol–water partition coefficient (Wildman–Crippen LogP) is 2.67. The molecule has 0 spiro atoms. The summed E-state index contributed by atoms with van der Waals surface area (Å²) in [6.07, 6.45) is 0. The molecule has 1 heterocycles. The van der Waals surface area contributed by atoms with Crippen molar-refractivity contribution in [3.63, 3.8) is 0 Å². The molecule has 0 N–H and O–H groups in total. The summed E-state index contributed by atoms with van der Waals surface area (Å²) in [5.41, 5.74) is 1.12. The number of aromatic nitrogens is 1. The van der Waals surface area contributed by atoms with E-state index < -0.39 is 5.82 Å². The third-order valence-electron chi connectivity index (χ3n) is 2.02. The van der Waals surface area contributed by atoms with Crippen LogP contribution in [-0.2, 0) is 0 Å². The van der Waals surface area contributed by atoms with Crippen LogP contribution in [-0.4, -0.2) is 11.8 Å². The molecule has 2 rings (SSSR count). The third-order valence-corrected chi connectivity index (χ3v) is 2.02. The minimum Gasteiger partial charge on any atom is -0.487 e. The molecule has 0 aliphatic heterocycles. The summed E-state index contributed by atoms with van der Waals surface area (Å²) in [7, 11) is 0. The molecule has 4 heteroatoms. The van der Waals surface area contributed by atoms with E-state index in [1.165, 1.54) is 6.07 Å². The highest BCUT2D eigenvalue weighted by Crippen LogP contribution is 2.30. The van der Waals surface area contributed by atoms with Crippen LogP contribution in [0.2, 0.25) is 0 Å². The Morgan fingerprint density at radius 2 is 2.29 bits per heavy atom. The summed E-state index contributed by atoms with van der Waals surface area (Å²) < 4.78 is 23.5. The molecule has 0 bridgehead atoms. The number of nitrogens with zero attached hydrogens (tertiary/aromatic N) is 1. The van der Waals surface area contributed by atoms with Crippen molar-refractivity contribution < 1.29 is 13.7 Å². The normalized spacial score (nSPS) is 10.8. The molecule has 0 unspecified atom stereocenters. The Bertz CT molecular complexity index is 464. The first-order chi connectivity index (χ1) is 6.74. The molecule has 0 saturated heterocycles. The molecular weight excluding hydrogens is 185 g/mol. The maximum absolute atomic E-state index is 13.3. The lowest BCUT2D eigenvalue weighted by Crippen LogP contribution is -1.94. The lowest BCUT2D eigenvalue weighted by atomic mass is 10.2. The highest BCUT2D eigenvalue weighted by molar-refractivity contribution is 5.84. The van der Waals surface area contributed by atoms with E-state index in [0.29, 0.717) is 12.2 Å². The highest BCUT2D eigenvalue weighted by Gasteiger charge is 2.14. The minimum absolute atomic E-state index is 0.144. The fraction of sp³-hybridized carbons (Fsp3) is 0.300. The van der Waals surface area contributed by atoms with E-state index in [4.69, 9.17) is 9.26 Å². The fourth-order valence-electron chi connectivity index (χ4n) is 1.36. The van der Waals surface area contributed by atoms with Gasteiger partial charge in [0.25, 0.3) is 0 Å². The average Bonchev–Trinajstić information content (AvgIpc) is 2.53. The molecule has 0 aliphatic rings. The maximum Gasteiger partial charge on any atom is 0.211 e. The fourth-order valence-corrected chi connectivity index (χ4v) is 1.36. The Labute approximate surface area is 80.5 Å². The zero-order valence-electron chi connectivity index (χ0n) is 8.00. The second-order valence-electron chi connectivity index (χ2n) is 2.95. The van der Waals surface area contributed by atoms with Gasteiger partial charge in [-0.1, -0.05) is 5.16 Å². The Hall–Kier alpha value is -1.58. The number of ether oxygens (including phenoxy) is 1. The lowest BCUT2D eigenvalue weighted by molar-refractivity contribution is 0.315. The van der Waals surface area contributed by atoms with Gasteiger partial charge in [-0.3, -0.25) is 0 Å². The first kappa shape index (κ1) is 8.99. The Morgan fingerprint density at radius 1 is 1.50 bits per heavy atom. The van der Waals surface area contributed by atoms with Crippen molar-refractivity contribution in [3.8, 4) is 5.75 Å². The molecule has 0 radical (unpaired) electrons. The quantitative estimate of drug-likeness (QED) is 0.738. The topological polar surface area (TPSA) is 35.3 Å². The van der Waals surface area contributed by atoms with Gasteiger partial charge < -0.3 is 9.26 Å². The van der Waals surface area contributed by atoms with E-state index in [-0.39, 0.29) is 5.75 Å². The highest BCUT2D eigenvalue weighted by atomic mass is 19.1. The second kappa shape index (κ2) is 3.29. The van der Waals surface area contributed by atoms with Crippen LogP contribution in [0.3, 0.4) is 0 Å². The number of hydrogen-bond donors (Lipinski definition) is 0. The van der Waals surface area contributed by atoms with Crippen molar-refractivity contribution in [2.45, 2.75) is 13.8 Å². The molecular formula is C10H10FNO2. The molecule has 2 aromatic rings. The van der Waals surface area contributed by atoms with Crippen molar-refractivity contribution in [1.29, 1.82) is 0 Å². The summed E-state index contributed by atoms with van der Waals surface area (Å²) in [6, 6.07) is 3.00. The van der Waals surface area contributed by atoms with Gasteiger partial charge in [0.15, 0.2) is 5.82 Å². The zero-order valence-corrected chi connectivity index (χ0v) is 8.00. The van der Waals surface area contributed by atoms with Gasteiger partial charge in [-0.25, -0.2) is 4.39 Å². The van der Waals surface area contributed by atoms with Gasteiger partial charge in [-0.05, 0) is 26.0 Å². The van der Waals surface area contributed by atoms with Crippen LogP contribution in [0.15, 0.2) is 16.7 Å². The van der Waals surface area contributed by atoms with Gasteiger partial charge in [0.2, 0.25) is 11.3 Å². The van der Waals surface area contributed by atoms with Crippen LogP contribution in [0, 0.1) is 12.7 Å². The standard InChI is InChI=1S/C10H10FNO2/c1-3-13-10-8(11)5-4-7-6(2)12-14-9(7)10/h4-5H,3H2,1-2H3. The lowest BCUT2D eigenvalue weighted by Gasteiger charge is -2.03. The van der Waals surface area contributed by atoms with Crippen LogP contribution in [0.5, 0.6) is 5.75 Å². The second-order valence-corrected chi connectivity index (χ2v) is 2.95. The predicted molar refractivity (Wildman–Crippen MR) is 49.9 cm³/mol. The van der Waals surface area contributed by atoms with Crippen molar-refractivity contribution >= 4 is 11.0 Å². The molecule has 0 atom stereocenters. The first-order valence-electron chi connectivity index (χ1n) is 4.41. The number of fused-ring (bicyclic) bond motifs is 1. The SMILES string of the molecule is CCOc1c(F)ccc2c(C)noc12.